The molecule has 0 spiro atoms. The number of benzene rings is 2. The van der Waals surface area contributed by atoms with Crippen molar-refractivity contribution in [1.82, 2.24) is 14.9 Å². The molecule has 0 atom stereocenters. The number of hydrogen-bond donors (Lipinski definition) is 0. The van der Waals surface area contributed by atoms with Crippen LogP contribution in [0.2, 0.25) is 5.02 Å². The molecule has 0 bridgehead atoms. The molecule has 34 heavy (non-hydrogen) atoms. The third-order valence-electron chi connectivity index (χ3n) is 5.97. The first kappa shape index (κ1) is 24.0. The molecule has 1 fully saturated rings. The maximum absolute atomic E-state index is 13.0. The zero-order valence-electron chi connectivity index (χ0n) is 19.8. The van der Waals surface area contributed by atoms with E-state index >= 15 is 0 Å². The number of methoxy groups -OCH3 is 2. The summed E-state index contributed by atoms with van der Waals surface area (Å²) in [5.74, 6) is 2.39. The number of anilines is 1. The van der Waals surface area contributed by atoms with Crippen LogP contribution in [0.3, 0.4) is 0 Å². The Kier molecular flexibility index (Phi) is 7.65. The van der Waals surface area contributed by atoms with Gasteiger partial charge in [-0.3, -0.25) is 4.79 Å². The third-order valence-corrected chi connectivity index (χ3v) is 6.30. The van der Waals surface area contributed by atoms with Crippen molar-refractivity contribution in [2.45, 2.75) is 20.0 Å². The Balaban J connectivity index is 1.57. The molecule has 1 aromatic heterocycles. The molecule has 1 amide bonds. The molecule has 0 N–H and O–H groups in total. The lowest BCUT2D eigenvalue weighted by atomic mass is 10.0. The van der Waals surface area contributed by atoms with E-state index in [2.05, 4.69) is 22.0 Å². The van der Waals surface area contributed by atoms with E-state index in [0.29, 0.717) is 55.6 Å². The van der Waals surface area contributed by atoms with Crippen molar-refractivity contribution in [2.24, 2.45) is 0 Å². The summed E-state index contributed by atoms with van der Waals surface area (Å²) in [6.07, 6.45) is 0.678. The molecule has 3 aromatic rings. The van der Waals surface area contributed by atoms with Crippen LogP contribution in [-0.4, -0.2) is 61.2 Å². The number of piperazine rings is 1. The van der Waals surface area contributed by atoms with Gasteiger partial charge in [0.15, 0.2) is 0 Å². The Hall–Kier alpha value is -3.16. The summed E-state index contributed by atoms with van der Waals surface area (Å²) >= 11 is 6.25. The number of ether oxygens (including phenoxy) is 2. The van der Waals surface area contributed by atoms with Gasteiger partial charge in [-0.25, -0.2) is 9.97 Å². The molecule has 2 heterocycles. The Labute approximate surface area is 205 Å². The van der Waals surface area contributed by atoms with Gasteiger partial charge < -0.3 is 19.3 Å². The molecule has 1 saturated heterocycles. The van der Waals surface area contributed by atoms with Crippen molar-refractivity contribution in [3.63, 3.8) is 0 Å². The number of halogens is 1. The van der Waals surface area contributed by atoms with Crippen molar-refractivity contribution in [1.29, 1.82) is 0 Å². The second kappa shape index (κ2) is 10.8. The first-order valence-electron chi connectivity index (χ1n) is 11.3. The highest BCUT2D eigenvalue weighted by Gasteiger charge is 2.26. The Morgan fingerprint density at radius 2 is 1.71 bits per heavy atom. The second-order valence-electron chi connectivity index (χ2n) is 8.24. The predicted octanol–water partition coefficient (Wildman–Crippen LogP) is 4.15. The summed E-state index contributed by atoms with van der Waals surface area (Å²) in [7, 11) is 3.33. The molecule has 8 heteroatoms. The third kappa shape index (κ3) is 5.32. The van der Waals surface area contributed by atoms with Crippen LogP contribution in [0.15, 0.2) is 48.5 Å². The van der Waals surface area contributed by atoms with E-state index in [0.717, 1.165) is 28.4 Å². The summed E-state index contributed by atoms with van der Waals surface area (Å²) in [5.41, 5.74) is 3.61. The Bertz CT molecular complexity index is 1150. The minimum Gasteiger partial charge on any atom is -0.497 e. The molecular weight excluding hydrogens is 452 g/mol. The number of aromatic nitrogens is 2. The maximum Gasteiger partial charge on any atom is 0.255 e. The summed E-state index contributed by atoms with van der Waals surface area (Å²) in [5, 5.41) is 0.479. The first-order chi connectivity index (χ1) is 16.5. The van der Waals surface area contributed by atoms with Gasteiger partial charge in [-0.2, -0.15) is 0 Å². The van der Waals surface area contributed by atoms with Crippen molar-refractivity contribution in [3.8, 4) is 5.75 Å². The number of nitrogens with zero attached hydrogens (tertiary/aromatic N) is 4. The van der Waals surface area contributed by atoms with Gasteiger partial charge in [0.05, 0.1) is 30.0 Å². The van der Waals surface area contributed by atoms with Crippen molar-refractivity contribution < 1.29 is 14.3 Å². The molecule has 1 aliphatic rings. The molecule has 4 rings (SSSR count). The minimum atomic E-state index is -0.0392. The molecule has 2 aromatic carbocycles. The van der Waals surface area contributed by atoms with Crippen LogP contribution in [-0.2, 0) is 17.8 Å². The lowest BCUT2D eigenvalue weighted by Gasteiger charge is -2.36. The minimum absolute atomic E-state index is 0.0392. The number of hydrogen-bond acceptors (Lipinski definition) is 6. The molecule has 0 unspecified atom stereocenters. The monoisotopic (exact) mass is 480 g/mol. The standard InChI is InChI=1S/C26H29ClN4O3/c1-18-28-24(17-33-2)22(16-19-8-10-20(34-3)11-9-19)25(29-18)30-12-14-31(15-13-30)26(32)21-6-4-5-7-23(21)27/h4-11H,12-17H2,1-3H3. The summed E-state index contributed by atoms with van der Waals surface area (Å²) in [6.45, 7) is 4.84. The van der Waals surface area contributed by atoms with Crippen LogP contribution in [0.25, 0.3) is 0 Å². The number of amides is 1. The topological polar surface area (TPSA) is 67.8 Å². The average molecular weight is 481 g/mol. The highest BCUT2D eigenvalue weighted by molar-refractivity contribution is 6.33. The Morgan fingerprint density at radius 3 is 2.35 bits per heavy atom. The number of aryl methyl sites for hydroxylation is 1. The fourth-order valence-corrected chi connectivity index (χ4v) is 4.43. The quantitative estimate of drug-likeness (QED) is 0.506. The molecule has 178 valence electrons. The van der Waals surface area contributed by atoms with Gasteiger partial charge >= 0.3 is 0 Å². The summed E-state index contributed by atoms with van der Waals surface area (Å²) in [6, 6.07) is 15.2. The van der Waals surface area contributed by atoms with Crippen LogP contribution in [0.1, 0.15) is 33.0 Å². The fraction of sp³-hybridized carbons (Fsp3) is 0.346. The van der Waals surface area contributed by atoms with Gasteiger partial charge in [-0.15, -0.1) is 0 Å². The van der Waals surface area contributed by atoms with Gasteiger partial charge in [0.1, 0.15) is 17.4 Å². The number of carbonyl (C=O) groups is 1. The largest absolute Gasteiger partial charge is 0.497 e. The number of rotatable bonds is 7. The smallest absolute Gasteiger partial charge is 0.255 e. The normalized spacial score (nSPS) is 13.8. The summed E-state index contributed by atoms with van der Waals surface area (Å²) in [4.78, 5) is 26.6. The highest BCUT2D eigenvalue weighted by Crippen LogP contribution is 2.27. The molecule has 0 saturated carbocycles. The molecule has 1 aliphatic heterocycles. The van der Waals surface area contributed by atoms with Crippen molar-refractivity contribution >= 4 is 23.3 Å². The summed E-state index contributed by atoms with van der Waals surface area (Å²) < 4.78 is 10.7. The van der Waals surface area contributed by atoms with Gasteiger partial charge in [0.2, 0.25) is 0 Å². The lowest BCUT2D eigenvalue weighted by molar-refractivity contribution is 0.0746. The molecule has 7 nitrogen and oxygen atoms in total. The Morgan fingerprint density at radius 1 is 1.00 bits per heavy atom. The van der Waals surface area contributed by atoms with Crippen molar-refractivity contribution in [2.75, 3.05) is 45.3 Å². The second-order valence-corrected chi connectivity index (χ2v) is 8.64. The predicted molar refractivity (Wildman–Crippen MR) is 133 cm³/mol. The first-order valence-corrected chi connectivity index (χ1v) is 11.6. The van der Waals surface area contributed by atoms with E-state index in [1.165, 1.54) is 0 Å². The van der Waals surface area contributed by atoms with Crippen LogP contribution in [0.4, 0.5) is 5.82 Å². The molecule has 0 aliphatic carbocycles. The zero-order valence-corrected chi connectivity index (χ0v) is 20.5. The van der Waals surface area contributed by atoms with E-state index < -0.39 is 0 Å². The van der Waals surface area contributed by atoms with E-state index in [1.807, 2.05) is 36.1 Å². The lowest BCUT2D eigenvalue weighted by Crippen LogP contribution is -2.49. The number of carbonyl (C=O) groups excluding carboxylic acids is 1. The van der Waals surface area contributed by atoms with Crippen LogP contribution in [0, 0.1) is 6.92 Å². The van der Waals surface area contributed by atoms with Crippen LogP contribution in [0.5, 0.6) is 5.75 Å². The van der Waals surface area contributed by atoms with Gasteiger partial charge in [-0.05, 0) is 36.8 Å². The molecule has 0 radical (unpaired) electrons. The van der Waals surface area contributed by atoms with E-state index in [9.17, 15) is 4.79 Å². The fourth-order valence-electron chi connectivity index (χ4n) is 4.21. The van der Waals surface area contributed by atoms with E-state index in [4.69, 9.17) is 26.1 Å². The van der Waals surface area contributed by atoms with E-state index in [1.54, 1.807) is 26.4 Å². The maximum atomic E-state index is 13.0. The van der Waals surface area contributed by atoms with E-state index in [-0.39, 0.29) is 5.91 Å². The average Bonchev–Trinajstić information content (AvgIpc) is 2.86. The van der Waals surface area contributed by atoms with Gasteiger partial charge in [-0.1, -0.05) is 35.9 Å². The highest BCUT2D eigenvalue weighted by atomic mass is 35.5. The van der Waals surface area contributed by atoms with Crippen LogP contribution < -0.4 is 9.64 Å². The molecular formula is C26H29ClN4O3. The van der Waals surface area contributed by atoms with Crippen molar-refractivity contribution in [3.05, 3.63) is 81.8 Å². The SMILES string of the molecule is COCc1nc(C)nc(N2CCN(C(=O)c3ccccc3Cl)CC2)c1Cc1ccc(OC)cc1. The van der Waals surface area contributed by atoms with Gasteiger partial charge in [0, 0.05) is 45.3 Å². The van der Waals surface area contributed by atoms with Crippen LogP contribution >= 0.6 is 11.6 Å². The zero-order chi connectivity index (χ0) is 24.1. The van der Waals surface area contributed by atoms with Gasteiger partial charge in [0.25, 0.3) is 5.91 Å².